The van der Waals surface area contributed by atoms with Crippen LogP contribution in [0.2, 0.25) is 0 Å². The van der Waals surface area contributed by atoms with Crippen LogP contribution in [0.3, 0.4) is 0 Å². The number of nitrogens with zero attached hydrogens (tertiary/aromatic N) is 1. The third-order valence-electron chi connectivity index (χ3n) is 2.78. The van der Waals surface area contributed by atoms with E-state index in [9.17, 15) is 4.79 Å². The lowest BCUT2D eigenvalue weighted by Crippen LogP contribution is -2.48. The highest BCUT2D eigenvalue weighted by Gasteiger charge is 2.14. The first-order valence-electron chi connectivity index (χ1n) is 6.75. The third kappa shape index (κ3) is 10.1. The molecule has 0 aliphatic rings. The van der Waals surface area contributed by atoms with E-state index in [1.165, 1.54) is 19.3 Å². The van der Waals surface area contributed by atoms with Crippen molar-refractivity contribution in [1.82, 2.24) is 5.32 Å². The largest absolute Gasteiger partial charge is 0.311 e. The summed E-state index contributed by atoms with van der Waals surface area (Å²) in [5.74, 6) is 0.122. The van der Waals surface area contributed by atoms with Gasteiger partial charge in [-0.15, -0.1) is 0 Å². The summed E-state index contributed by atoms with van der Waals surface area (Å²) >= 11 is 0. The first-order valence-corrected chi connectivity index (χ1v) is 6.75. The van der Waals surface area contributed by atoms with Gasteiger partial charge in [0.15, 0.2) is 6.67 Å². The number of allylic oxidation sites excluding steroid dienone is 1. The van der Waals surface area contributed by atoms with Crippen LogP contribution in [-0.2, 0) is 4.79 Å². The molecule has 0 saturated carbocycles. The fraction of sp³-hybridized carbons (Fsp3) is 0.786. The average Bonchev–Trinajstić information content (AvgIpc) is 2.27. The van der Waals surface area contributed by atoms with Crippen molar-refractivity contribution in [2.75, 3.05) is 27.3 Å². The van der Waals surface area contributed by atoms with Crippen LogP contribution >= 0.6 is 0 Å². The van der Waals surface area contributed by atoms with Gasteiger partial charge < -0.3 is 9.80 Å². The van der Waals surface area contributed by atoms with Gasteiger partial charge in [-0.3, -0.25) is 4.79 Å². The first-order chi connectivity index (χ1) is 8.02. The number of quaternary nitrogens is 1. The van der Waals surface area contributed by atoms with Crippen LogP contribution < -0.4 is 5.32 Å². The molecule has 0 spiro atoms. The Morgan fingerprint density at radius 3 is 2.47 bits per heavy atom. The van der Waals surface area contributed by atoms with Crippen LogP contribution in [0.4, 0.5) is 0 Å². The number of rotatable bonds is 9. The molecule has 100 valence electrons. The van der Waals surface area contributed by atoms with E-state index < -0.39 is 0 Å². The number of carbonyl (C=O) groups is 1. The van der Waals surface area contributed by atoms with Crippen LogP contribution in [0.5, 0.6) is 0 Å². The smallest absolute Gasteiger partial charge is 0.228 e. The maximum absolute atomic E-state index is 11.5. The number of hydrogen-bond donors (Lipinski definition) is 1. The summed E-state index contributed by atoms with van der Waals surface area (Å²) in [6.07, 6.45) is 9.21. The van der Waals surface area contributed by atoms with Crippen LogP contribution in [0.15, 0.2) is 12.2 Å². The van der Waals surface area contributed by atoms with Gasteiger partial charge in [0.1, 0.15) is 0 Å². The van der Waals surface area contributed by atoms with E-state index in [1.807, 2.05) is 12.2 Å². The van der Waals surface area contributed by atoms with Crippen LogP contribution in [0.25, 0.3) is 0 Å². The monoisotopic (exact) mass is 241 g/mol. The molecule has 17 heavy (non-hydrogen) atoms. The Hall–Kier alpha value is -0.830. The average molecular weight is 241 g/mol. The van der Waals surface area contributed by atoms with E-state index in [0.717, 1.165) is 24.1 Å². The van der Waals surface area contributed by atoms with Crippen molar-refractivity contribution in [3.8, 4) is 0 Å². The molecular weight excluding hydrogens is 212 g/mol. The summed E-state index contributed by atoms with van der Waals surface area (Å²) in [6, 6.07) is 0. The Kier molecular flexibility index (Phi) is 8.78. The molecule has 0 aromatic heterocycles. The minimum absolute atomic E-state index is 0.122. The standard InChI is InChI=1S/C14H28N2O/c1-5-7-9-11-14(17)15-13-16(3,4)12-10-8-6-2/h7,9H,5-6,8,10-13H2,1-4H3/p+1/b9-7-. The van der Waals surface area contributed by atoms with Crippen molar-refractivity contribution >= 4 is 5.91 Å². The summed E-state index contributed by atoms with van der Waals surface area (Å²) in [6.45, 7) is 6.13. The van der Waals surface area contributed by atoms with E-state index in [1.54, 1.807) is 0 Å². The number of carbonyl (C=O) groups excluding carboxylic acids is 1. The summed E-state index contributed by atoms with van der Waals surface area (Å²) in [4.78, 5) is 11.5. The van der Waals surface area contributed by atoms with E-state index in [-0.39, 0.29) is 5.91 Å². The lowest BCUT2D eigenvalue weighted by molar-refractivity contribution is -0.892. The Bertz CT molecular complexity index is 234. The second-order valence-electron chi connectivity index (χ2n) is 5.21. The normalized spacial score (nSPS) is 12.0. The fourth-order valence-electron chi connectivity index (χ4n) is 1.60. The molecule has 0 atom stereocenters. The molecule has 0 aliphatic carbocycles. The van der Waals surface area contributed by atoms with Crippen molar-refractivity contribution in [2.45, 2.75) is 46.0 Å². The Morgan fingerprint density at radius 2 is 1.88 bits per heavy atom. The van der Waals surface area contributed by atoms with Gasteiger partial charge in [-0.2, -0.15) is 0 Å². The predicted molar refractivity (Wildman–Crippen MR) is 73.6 cm³/mol. The van der Waals surface area contributed by atoms with Gasteiger partial charge in [0.25, 0.3) is 0 Å². The van der Waals surface area contributed by atoms with Crippen LogP contribution in [0, 0.1) is 0 Å². The zero-order valence-corrected chi connectivity index (χ0v) is 12.0. The Labute approximate surface area is 106 Å². The van der Waals surface area contributed by atoms with E-state index in [4.69, 9.17) is 0 Å². The van der Waals surface area contributed by atoms with Gasteiger partial charge in [-0.25, -0.2) is 0 Å². The summed E-state index contributed by atoms with van der Waals surface area (Å²) in [5.41, 5.74) is 0. The molecule has 0 aliphatic heterocycles. The highest BCUT2D eigenvalue weighted by atomic mass is 16.1. The summed E-state index contributed by atoms with van der Waals surface area (Å²) < 4.78 is 0.864. The molecule has 0 bridgehead atoms. The predicted octanol–water partition coefficient (Wildman–Crippen LogP) is 2.68. The maximum Gasteiger partial charge on any atom is 0.228 e. The van der Waals surface area contributed by atoms with Crippen molar-refractivity contribution in [3.63, 3.8) is 0 Å². The van der Waals surface area contributed by atoms with E-state index in [2.05, 4.69) is 33.3 Å². The van der Waals surface area contributed by atoms with Crippen molar-refractivity contribution in [1.29, 1.82) is 0 Å². The third-order valence-corrected chi connectivity index (χ3v) is 2.78. The molecule has 0 rings (SSSR count). The molecule has 0 saturated heterocycles. The van der Waals surface area contributed by atoms with Gasteiger partial charge in [0.2, 0.25) is 5.91 Å². The molecule has 3 nitrogen and oxygen atoms in total. The summed E-state index contributed by atoms with van der Waals surface area (Å²) in [5, 5.41) is 2.99. The minimum Gasteiger partial charge on any atom is -0.311 e. The lowest BCUT2D eigenvalue weighted by atomic mass is 10.2. The van der Waals surface area contributed by atoms with Gasteiger partial charge >= 0.3 is 0 Å². The van der Waals surface area contributed by atoms with Gasteiger partial charge in [-0.05, 0) is 19.3 Å². The van der Waals surface area contributed by atoms with Crippen molar-refractivity contribution < 1.29 is 9.28 Å². The number of nitrogens with one attached hydrogen (secondary N) is 1. The van der Waals surface area contributed by atoms with Crippen LogP contribution in [-0.4, -0.2) is 37.7 Å². The van der Waals surface area contributed by atoms with Crippen molar-refractivity contribution in [2.24, 2.45) is 0 Å². The number of hydrogen-bond acceptors (Lipinski definition) is 1. The second kappa shape index (κ2) is 9.23. The molecule has 0 aromatic rings. The van der Waals surface area contributed by atoms with E-state index in [0.29, 0.717) is 6.42 Å². The molecule has 1 N–H and O–H groups in total. The Balaban J connectivity index is 3.76. The Morgan fingerprint density at radius 1 is 1.18 bits per heavy atom. The lowest BCUT2D eigenvalue weighted by Gasteiger charge is -2.29. The van der Waals surface area contributed by atoms with E-state index >= 15 is 0 Å². The zero-order chi connectivity index (χ0) is 13.1. The molecule has 3 heteroatoms. The van der Waals surface area contributed by atoms with Crippen LogP contribution in [0.1, 0.15) is 46.0 Å². The highest BCUT2D eigenvalue weighted by molar-refractivity contribution is 5.77. The minimum atomic E-state index is 0.122. The molecular formula is C14H29N2O+. The van der Waals surface area contributed by atoms with Crippen molar-refractivity contribution in [3.05, 3.63) is 12.2 Å². The first kappa shape index (κ1) is 16.2. The highest BCUT2D eigenvalue weighted by Crippen LogP contribution is 2.02. The molecule has 0 fully saturated rings. The summed E-state index contributed by atoms with van der Waals surface area (Å²) in [7, 11) is 4.33. The second-order valence-corrected chi connectivity index (χ2v) is 5.21. The fourth-order valence-corrected chi connectivity index (χ4v) is 1.60. The van der Waals surface area contributed by atoms with Gasteiger partial charge in [0.05, 0.1) is 20.6 Å². The maximum atomic E-state index is 11.5. The molecule has 0 radical (unpaired) electrons. The molecule has 0 heterocycles. The van der Waals surface area contributed by atoms with Gasteiger partial charge in [0, 0.05) is 6.42 Å². The number of amides is 1. The quantitative estimate of drug-likeness (QED) is 0.286. The zero-order valence-electron chi connectivity index (χ0n) is 12.0. The SMILES string of the molecule is CC/C=C\CC(=O)NC[N+](C)(C)CCCCC. The molecule has 0 unspecified atom stereocenters. The molecule has 1 amide bonds. The topological polar surface area (TPSA) is 29.1 Å². The van der Waals surface area contributed by atoms with Gasteiger partial charge in [-0.1, -0.05) is 32.4 Å². The molecule has 0 aromatic carbocycles. The number of unbranched alkanes of at least 4 members (excludes halogenated alkanes) is 2.